The lowest BCUT2D eigenvalue weighted by molar-refractivity contribution is -0.125. The van der Waals surface area contributed by atoms with Gasteiger partial charge in [0.1, 0.15) is 11.7 Å². The summed E-state index contributed by atoms with van der Waals surface area (Å²) in [5.74, 6) is 1.05. The first-order valence-corrected chi connectivity index (χ1v) is 14.3. The maximum Gasteiger partial charge on any atom is 0.273 e. The number of ether oxygens (including phenoxy) is 3. The second-order valence-electron chi connectivity index (χ2n) is 9.68. The van der Waals surface area contributed by atoms with Gasteiger partial charge in [-0.25, -0.2) is 4.98 Å². The first-order chi connectivity index (χ1) is 19.6. The molecule has 9 heteroatoms. The molecule has 1 atom stereocenters. The van der Waals surface area contributed by atoms with Crippen LogP contribution < -0.4 is 19.5 Å². The Morgan fingerprint density at radius 2 is 1.85 bits per heavy atom. The first kappa shape index (κ1) is 27.5. The van der Waals surface area contributed by atoms with Crippen molar-refractivity contribution >= 4 is 34.1 Å². The number of methoxy groups -OCH3 is 2. The number of carbonyl (C=O) groups excluding carboxylic acids is 2. The zero-order chi connectivity index (χ0) is 27.9. The Labute approximate surface area is 237 Å². The molecule has 5 rings (SSSR count). The van der Waals surface area contributed by atoms with Gasteiger partial charge in [-0.3, -0.25) is 9.59 Å². The second-order valence-corrected chi connectivity index (χ2v) is 10.5. The molecule has 1 aliphatic heterocycles. The van der Waals surface area contributed by atoms with Crippen molar-refractivity contribution in [1.29, 1.82) is 0 Å². The average molecular weight is 560 g/mol. The molecule has 1 N–H and O–H groups in total. The number of aromatic nitrogens is 1. The fourth-order valence-electron chi connectivity index (χ4n) is 4.95. The number of para-hydroxylation sites is 1. The lowest BCUT2D eigenvalue weighted by atomic mass is 10.1. The van der Waals surface area contributed by atoms with Gasteiger partial charge in [0.25, 0.3) is 5.91 Å². The van der Waals surface area contributed by atoms with Crippen LogP contribution in [0.2, 0.25) is 0 Å². The highest BCUT2D eigenvalue weighted by Gasteiger charge is 2.32. The van der Waals surface area contributed by atoms with E-state index in [1.165, 1.54) is 5.56 Å². The number of nitrogens with one attached hydrogen (secondary N) is 1. The summed E-state index contributed by atoms with van der Waals surface area (Å²) in [6, 6.07) is 16.4. The molecule has 1 fully saturated rings. The van der Waals surface area contributed by atoms with E-state index in [0.717, 1.165) is 35.7 Å². The molecule has 40 heavy (non-hydrogen) atoms. The van der Waals surface area contributed by atoms with Gasteiger partial charge < -0.3 is 24.4 Å². The molecule has 1 aliphatic rings. The van der Waals surface area contributed by atoms with Gasteiger partial charge in [-0.05, 0) is 71.5 Å². The molecule has 0 saturated carbocycles. The molecular weight excluding hydrogens is 526 g/mol. The summed E-state index contributed by atoms with van der Waals surface area (Å²) in [6.45, 7) is 1.24. The van der Waals surface area contributed by atoms with E-state index in [0.29, 0.717) is 42.5 Å². The third-order valence-electron chi connectivity index (χ3n) is 7.05. The minimum Gasteiger partial charge on any atom is -0.493 e. The number of benzene rings is 2. The summed E-state index contributed by atoms with van der Waals surface area (Å²) < 4.78 is 17.5. The van der Waals surface area contributed by atoms with Gasteiger partial charge in [0, 0.05) is 24.9 Å². The summed E-state index contributed by atoms with van der Waals surface area (Å²) >= 11 is 1.65. The van der Waals surface area contributed by atoms with Crippen LogP contribution in [0.1, 0.15) is 40.9 Å². The van der Waals surface area contributed by atoms with Crippen LogP contribution in [-0.2, 0) is 17.8 Å². The molecule has 3 heterocycles. The van der Waals surface area contributed by atoms with Crippen molar-refractivity contribution in [2.75, 3.05) is 27.4 Å². The van der Waals surface area contributed by atoms with Crippen molar-refractivity contribution in [3.05, 3.63) is 82.2 Å². The summed E-state index contributed by atoms with van der Waals surface area (Å²) in [6.07, 6.45) is 3.04. The Morgan fingerprint density at radius 3 is 2.60 bits per heavy atom. The van der Waals surface area contributed by atoms with Crippen LogP contribution in [-0.4, -0.2) is 55.1 Å². The molecule has 1 saturated heterocycles. The maximum atomic E-state index is 14.0. The number of carbonyl (C=O) groups is 2. The van der Waals surface area contributed by atoms with Crippen LogP contribution in [0.15, 0.2) is 65.4 Å². The number of hydrogen-bond donors (Lipinski definition) is 1. The smallest absolute Gasteiger partial charge is 0.273 e. The van der Waals surface area contributed by atoms with Crippen LogP contribution >= 0.6 is 11.3 Å². The van der Waals surface area contributed by atoms with Gasteiger partial charge in [-0.2, -0.15) is 11.3 Å². The topological polar surface area (TPSA) is 90.0 Å². The Balaban J connectivity index is 1.45. The van der Waals surface area contributed by atoms with E-state index >= 15 is 0 Å². The third kappa shape index (κ3) is 6.20. The van der Waals surface area contributed by atoms with Crippen molar-refractivity contribution in [2.24, 2.45) is 0 Å². The molecule has 208 valence electrons. The lowest BCUT2D eigenvalue weighted by Crippen LogP contribution is -2.48. The number of thiophene rings is 1. The van der Waals surface area contributed by atoms with Gasteiger partial charge in [0.05, 0.1) is 26.3 Å². The monoisotopic (exact) mass is 559 g/mol. The number of fused-ring (bicyclic) bond motifs is 1. The third-order valence-corrected chi connectivity index (χ3v) is 7.78. The molecule has 0 spiro atoms. The summed E-state index contributed by atoms with van der Waals surface area (Å²) in [5, 5.41) is 8.05. The summed E-state index contributed by atoms with van der Waals surface area (Å²) in [5.41, 5.74) is 2.98. The Hall–Kier alpha value is -4.11. The number of rotatable bonds is 10. The van der Waals surface area contributed by atoms with E-state index in [1.54, 1.807) is 36.5 Å². The molecular formula is C31H33N3O5S. The second kappa shape index (κ2) is 12.8. The standard InChI is InChI=1S/C31H33N3O5S/c1-37-27-17-22(18-28(38-2)29(27)39-15-12-21-13-16-40-20-21)19-34(26-9-5-6-14-32-30(26)35)31(36)25-11-10-23-7-3-4-8-24(23)33-25/h3-4,7-8,10-11,13,16-18,20,26H,5-6,9,12,14-15,19H2,1-2H3,(H,32,35)/t26-/m0/s1. The minimum absolute atomic E-state index is 0.154. The molecule has 0 bridgehead atoms. The van der Waals surface area contributed by atoms with Gasteiger partial charge in [0.2, 0.25) is 11.7 Å². The van der Waals surface area contributed by atoms with Gasteiger partial charge in [-0.15, -0.1) is 0 Å². The number of pyridine rings is 1. The summed E-state index contributed by atoms with van der Waals surface area (Å²) in [7, 11) is 3.15. The summed E-state index contributed by atoms with van der Waals surface area (Å²) in [4.78, 5) is 33.3. The fraction of sp³-hybridized carbons (Fsp3) is 0.323. The van der Waals surface area contributed by atoms with E-state index in [4.69, 9.17) is 14.2 Å². The molecule has 2 aromatic heterocycles. The van der Waals surface area contributed by atoms with E-state index < -0.39 is 6.04 Å². The van der Waals surface area contributed by atoms with Crippen molar-refractivity contribution < 1.29 is 23.8 Å². The number of hydrogen-bond acceptors (Lipinski definition) is 7. The largest absolute Gasteiger partial charge is 0.493 e. The van der Waals surface area contributed by atoms with Gasteiger partial charge >= 0.3 is 0 Å². The van der Waals surface area contributed by atoms with Crippen LogP contribution in [0.5, 0.6) is 17.2 Å². The van der Waals surface area contributed by atoms with E-state index in [9.17, 15) is 9.59 Å². The maximum absolute atomic E-state index is 14.0. The first-order valence-electron chi connectivity index (χ1n) is 13.4. The molecule has 2 amide bonds. The zero-order valence-corrected chi connectivity index (χ0v) is 23.5. The normalized spacial score (nSPS) is 15.2. The Kier molecular flexibility index (Phi) is 8.81. The van der Waals surface area contributed by atoms with Crippen molar-refractivity contribution in [2.45, 2.75) is 38.3 Å². The number of nitrogens with zero attached hydrogens (tertiary/aromatic N) is 2. The Morgan fingerprint density at radius 1 is 1.05 bits per heavy atom. The molecule has 2 aromatic carbocycles. The van der Waals surface area contributed by atoms with Gasteiger partial charge in [-0.1, -0.05) is 24.3 Å². The highest BCUT2D eigenvalue weighted by atomic mass is 32.1. The van der Waals surface area contributed by atoms with Crippen LogP contribution in [0.25, 0.3) is 10.9 Å². The Bertz CT molecular complexity index is 1450. The predicted molar refractivity (Wildman–Crippen MR) is 155 cm³/mol. The highest BCUT2D eigenvalue weighted by Crippen LogP contribution is 2.39. The van der Waals surface area contributed by atoms with E-state index in [-0.39, 0.29) is 18.4 Å². The highest BCUT2D eigenvalue weighted by molar-refractivity contribution is 7.07. The SMILES string of the molecule is COc1cc(CN(C(=O)c2ccc3ccccc3n2)[C@H]2CCCCNC2=O)cc(OC)c1OCCc1ccsc1. The number of amides is 2. The quantitative estimate of drug-likeness (QED) is 0.286. The average Bonchev–Trinajstić information content (AvgIpc) is 3.42. The van der Waals surface area contributed by atoms with E-state index in [1.807, 2.05) is 47.8 Å². The van der Waals surface area contributed by atoms with Crippen LogP contribution in [0, 0.1) is 0 Å². The van der Waals surface area contributed by atoms with Crippen molar-refractivity contribution in [3.8, 4) is 17.2 Å². The predicted octanol–water partition coefficient (Wildman–Crippen LogP) is 5.25. The van der Waals surface area contributed by atoms with Gasteiger partial charge in [0.15, 0.2) is 11.5 Å². The molecule has 4 aromatic rings. The molecule has 0 aliphatic carbocycles. The van der Waals surface area contributed by atoms with E-state index in [2.05, 4.69) is 21.7 Å². The van der Waals surface area contributed by atoms with Crippen molar-refractivity contribution in [3.63, 3.8) is 0 Å². The van der Waals surface area contributed by atoms with Crippen LogP contribution in [0.3, 0.4) is 0 Å². The van der Waals surface area contributed by atoms with Crippen LogP contribution in [0.4, 0.5) is 0 Å². The zero-order valence-electron chi connectivity index (χ0n) is 22.7. The molecule has 8 nitrogen and oxygen atoms in total. The lowest BCUT2D eigenvalue weighted by Gasteiger charge is -2.30. The van der Waals surface area contributed by atoms with Crippen molar-refractivity contribution in [1.82, 2.24) is 15.2 Å². The fourth-order valence-corrected chi connectivity index (χ4v) is 5.65. The molecule has 0 radical (unpaired) electrons. The minimum atomic E-state index is -0.623. The molecule has 0 unspecified atom stereocenters.